The summed E-state index contributed by atoms with van der Waals surface area (Å²) in [6, 6.07) is 0. The molecule has 1 saturated carbocycles. The van der Waals surface area contributed by atoms with Gasteiger partial charge in [-0.2, -0.15) is 0 Å². The fraction of sp³-hybridized carbons (Fsp3) is 0.923. The second-order valence-corrected chi connectivity index (χ2v) is 5.43. The van der Waals surface area contributed by atoms with Gasteiger partial charge in [0.15, 0.2) is 0 Å². The van der Waals surface area contributed by atoms with Crippen LogP contribution in [0.2, 0.25) is 0 Å². The Balaban J connectivity index is 2.17. The van der Waals surface area contributed by atoms with Crippen molar-refractivity contribution in [1.82, 2.24) is 0 Å². The molecule has 1 rings (SSSR count). The van der Waals surface area contributed by atoms with Gasteiger partial charge < -0.3 is 14.6 Å². The van der Waals surface area contributed by atoms with Crippen LogP contribution < -0.4 is 0 Å². The zero-order valence-electron chi connectivity index (χ0n) is 11.1. The third-order valence-electron chi connectivity index (χ3n) is 3.28. The maximum absolute atomic E-state index is 11.3. The van der Waals surface area contributed by atoms with Crippen molar-refractivity contribution < 1.29 is 19.4 Å². The monoisotopic (exact) mass is 244 g/mol. The summed E-state index contributed by atoms with van der Waals surface area (Å²) >= 11 is 0. The molecule has 4 heteroatoms. The van der Waals surface area contributed by atoms with Gasteiger partial charge >= 0.3 is 5.97 Å². The molecule has 0 unspecified atom stereocenters. The van der Waals surface area contributed by atoms with Crippen LogP contribution in [0.4, 0.5) is 0 Å². The van der Waals surface area contributed by atoms with E-state index < -0.39 is 5.60 Å². The van der Waals surface area contributed by atoms with E-state index in [1.807, 2.05) is 0 Å². The average Bonchev–Trinajstić information content (AvgIpc) is 2.27. The molecule has 0 heterocycles. The minimum Gasteiger partial charge on any atom is -0.469 e. The summed E-state index contributed by atoms with van der Waals surface area (Å²) in [4.78, 5) is 11.3. The number of ether oxygens (including phenoxy) is 2. The Morgan fingerprint density at radius 3 is 2.35 bits per heavy atom. The maximum Gasteiger partial charge on any atom is 0.308 e. The van der Waals surface area contributed by atoms with E-state index in [0.717, 1.165) is 25.7 Å². The normalized spacial score (nSPS) is 25.6. The molecular formula is C13H24O4. The van der Waals surface area contributed by atoms with Crippen LogP contribution in [0.1, 0.15) is 46.0 Å². The third kappa shape index (κ3) is 5.50. The van der Waals surface area contributed by atoms with Gasteiger partial charge in [0.05, 0.1) is 24.7 Å². The van der Waals surface area contributed by atoms with Crippen molar-refractivity contribution in [2.75, 3.05) is 13.7 Å². The molecule has 1 aliphatic rings. The van der Waals surface area contributed by atoms with Crippen LogP contribution in [0.15, 0.2) is 0 Å². The molecule has 1 N–H and O–H groups in total. The second-order valence-electron chi connectivity index (χ2n) is 5.43. The number of esters is 1. The van der Waals surface area contributed by atoms with E-state index in [-0.39, 0.29) is 18.0 Å². The summed E-state index contributed by atoms with van der Waals surface area (Å²) < 4.78 is 10.4. The lowest BCUT2D eigenvalue weighted by atomic mass is 9.87. The van der Waals surface area contributed by atoms with Crippen LogP contribution in [-0.4, -0.2) is 36.5 Å². The van der Waals surface area contributed by atoms with E-state index in [2.05, 4.69) is 0 Å². The number of hydrogen-bond donors (Lipinski definition) is 1. The Morgan fingerprint density at radius 2 is 1.88 bits per heavy atom. The van der Waals surface area contributed by atoms with Gasteiger partial charge in [0.1, 0.15) is 0 Å². The van der Waals surface area contributed by atoms with Crippen molar-refractivity contribution in [3.63, 3.8) is 0 Å². The van der Waals surface area contributed by atoms with Crippen LogP contribution in [-0.2, 0) is 14.3 Å². The minimum absolute atomic E-state index is 0.0501. The predicted molar refractivity (Wildman–Crippen MR) is 64.6 cm³/mol. The summed E-state index contributed by atoms with van der Waals surface area (Å²) in [6.45, 7) is 4.14. The molecule has 1 aliphatic carbocycles. The molecular weight excluding hydrogens is 220 g/mol. The summed E-state index contributed by atoms with van der Waals surface area (Å²) in [5.74, 6) is -0.0472. The van der Waals surface area contributed by atoms with Crippen LogP contribution >= 0.6 is 0 Å². The summed E-state index contributed by atoms with van der Waals surface area (Å²) in [6.07, 6.45) is 4.39. The number of hydrogen-bond acceptors (Lipinski definition) is 4. The molecule has 0 aliphatic heterocycles. The smallest absolute Gasteiger partial charge is 0.308 e. The number of methoxy groups -OCH3 is 1. The van der Waals surface area contributed by atoms with E-state index in [0.29, 0.717) is 13.0 Å². The molecule has 17 heavy (non-hydrogen) atoms. The molecule has 0 atom stereocenters. The van der Waals surface area contributed by atoms with E-state index in [1.54, 1.807) is 13.8 Å². The van der Waals surface area contributed by atoms with Crippen molar-refractivity contribution in [2.45, 2.75) is 57.7 Å². The molecule has 0 aromatic carbocycles. The maximum atomic E-state index is 11.3. The van der Waals surface area contributed by atoms with Gasteiger partial charge in [-0.25, -0.2) is 0 Å². The topological polar surface area (TPSA) is 55.8 Å². The molecule has 1 fully saturated rings. The Hall–Kier alpha value is -0.610. The van der Waals surface area contributed by atoms with Crippen molar-refractivity contribution in [3.8, 4) is 0 Å². The molecule has 4 nitrogen and oxygen atoms in total. The Morgan fingerprint density at radius 1 is 1.29 bits per heavy atom. The molecule has 0 saturated heterocycles. The molecule has 100 valence electrons. The third-order valence-corrected chi connectivity index (χ3v) is 3.28. The first-order chi connectivity index (χ1) is 7.92. The van der Waals surface area contributed by atoms with Crippen molar-refractivity contribution >= 4 is 5.97 Å². The first-order valence-electron chi connectivity index (χ1n) is 6.34. The quantitative estimate of drug-likeness (QED) is 0.750. The van der Waals surface area contributed by atoms with Crippen molar-refractivity contribution in [2.24, 2.45) is 5.92 Å². The molecule has 0 amide bonds. The van der Waals surface area contributed by atoms with E-state index in [4.69, 9.17) is 9.47 Å². The molecule has 0 radical (unpaired) electrons. The first kappa shape index (κ1) is 14.5. The predicted octanol–water partition coefficient (Wildman–Crippen LogP) is 1.90. The summed E-state index contributed by atoms with van der Waals surface area (Å²) in [5.41, 5.74) is -0.663. The SMILES string of the molecule is COC(=O)C1CCC(OCCC(C)(C)O)CC1. The van der Waals surface area contributed by atoms with Gasteiger partial charge in [-0.05, 0) is 46.0 Å². The van der Waals surface area contributed by atoms with E-state index in [1.165, 1.54) is 7.11 Å². The minimum atomic E-state index is -0.663. The number of carbonyl (C=O) groups is 1. The standard InChI is InChI=1S/C13H24O4/c1-13(2,15)8-9-17-11-6-4-10(5-7-11)12(14)16-3/h10-11,15H,4-9H2,1-3H3. The van der Waals surface area contributed by atoms with E-state index >= 15 is 0 Å². The lowest BCUT2D eigenvalue weighted by molar-refractivity contribution is -0.147. The van der Waals surface area contributed by atoms with Gasteiger partial charge in [-0.15, -0.1) is 0 Å². The first-order valence-corrected chi connectivity index (χ1v) is 6.34. The van der Waals surface area contributed by atoms with Gasteiger partial charge in [0, 0.05) is 6.61 Å². The molecule has 0 aromatic heterocycles. The highest BCUT2D eigenvalue weighted by molar-refractivity contribution is 5.72. The van der Waals surface area contributed by atoms with Crippen molar-refractivity contribution in [1.29, 1.82) is 0 Å². The zero-order valence-corrected chi connectivity index (χ0v) is 11.1. The van der Waals surface area contributed by atoms with E-state index in [9.17, 15) is 9.90 Å². The second kappa shape index (κ2) is 6.36. The lowest BCUT2D eigenvalue weighted by Gasteiger charge is -2.28. The summed E-state index contributed by atoms with van der Waals surface area (Å²) in [5, 5.41) is 9.55. The van der Waals surface area contributed by atoms with Crippen LogP contribution in [0, 0.1) is 5.92 Å². The molecule has 0 bridgehead atoms. The number of aliphatic hydroxyl groups is 1. The highest BCUT2D eigenvalue weighted by atomic mass is 16.5. The fourth-order valence-electron chi connectivity index (χ4n) is 2.11. The Labute approximate surface area is 103 Å². The van der Waals surface area contributed by atoms with Crippen LogP contribution in [0.5, 0.6) is 0 Å². The van der Waals surface area contributed by atoms with Crippen LogP contribution in [0.25, 0.3) is 0 Å². The number of rotatable bonds is 5. The zero-order chi connectivity index (χ0) is 12.9. The Bertz CT molecular complexity index is 236. The fourth-order valence-corrected chi connectivity index (χ4v) is 2.11. The van der Waals surface area contributed by atoms with Crippen LogP contribution in [0.3, 0.4) is 0 Å². The van der Waals surface area contributed by atoms with Gasteiger partial charge in [-0.3, -0.25) is 4.79 Å². The molecule has 0 aromatic rings. The highest BCUT2D eigenvalue weighted by Crippen LogP contribution is 2.27. The molecule has 0 spiro atoms. The lowest BCUT2D eigenvalue weighted by Crippen LogP contribution is -2.28. The number of carbonyl (C=O) groups excluding carboxylic acids is 1. The largest absolute Gasteiger partial charge is 0.469 e. The Kier molecular flexibility index (Phi) is 5.40. The van der Waals surface area contributed by atoms with Gasteiger partial charge in [-0.1, -0.05) is 0 Å². The van der Waals surface area contributed by atoms with Gasteiger partial charge in [0.25, 0.3) is 0 Å². The van der Waals surface area contributed by atoms with Crippen molar-refractivity contribution in [3.05, 3.63) is 0 Å². The summed E-state index contributed by atoms with van der Waals surface area (Å²) in [7, 11) is 1.44. The average molecular weight is 244 g/mol. The highest BCUT2D eigenvalue weighted by Gasteiger charge is 2.27. The van der Waals surface area contributed by atoms with Gasteiger partial charge in [0.2, 0.25) is 0 Å².